The van der Waals surface area contributed by atoms with Crippen LogP contribution in [0.25, 0.3) is 0 Å². The molecule has 5 heteroatoms. The maximum atomic E-state index is 11.4. The van der Waals surface area contributed by atoms with Crippen molar-refractivity contribution in [2.45, 2.75) is 66.2 Å². The van der Waals surface area contributed by atoms with E-state index in [1.54, 1.807) is 0 Å². The summed E-state index contributed by atoms with van der Waals surface area (Å²) in [5.74, 6) is 2.21. The van der Waals surface area contributed by atoms with Crippen molar-refractivity contribution in [3.05, 3.63) is 36.3 Å². The van der Waals surface area contributed by atoms with Crippen LogP contribution in [0.15, 0.2) is 46.3 Å². The van der Waals surface area contributed by atoms with Crippen LogP contribution < -0.4 is 0 Å². The summed E-state index contributed by atoms with van der Waals surface area (Å²) >= 11 is 0. The third-order valence-electron chi connectivity index (χ3n) is 4.25. The van der Waals surface area contributed by atoms with Gasteiger partial charge in [0.25, 0.3) is 0 Å². The zero-order valence-corrected chi connectivity index (χ0v) is 17.4. The summed E-state index contributed by atoms with van der Waals surface area (Å²) in [4.78, 5) is 22.8. The van der Waals surface area contributed by atoms with Gasteiger partial charge in [0.1, 0.15) is 11.7 Å². The molecule has 150 valence electrons. The number of aliphatic imine (C=N–C) groups is 2. The van der Waals surface area contributed by atoms with E-state index >= 15 is 0 Å². The predicted octanol–water partition coefficient (Wildman–Crippen LogP) is 5.26. The summed E-state index contributed by atoms with van der Waals surface area (Å²) in [6.45, 7) is 13.2. The van der Waals surface area contributed by atoms with E-state index in [4.69, 9.17) is 4.74 Å². The van der Waals surface area contributed by atoms with Crippen LogP contribution in [0, 0.1) is 5.92 Å². The second kappa shape index (κ2) is 13.1. The van der Waals surface area contributed by atoms with Crippen molar-refractivity contribution < 1.29 is 9.53 Å². The number of rotatable bonds is 11. The lowest BCUT2D eigenvalue weighted by Crippen LogP contribution is -2.36. The van der Waals surface area contributed by atoms with Gasteiger partial charge in [0.2, 0.25) is 0 Å². The molecule has 1 rings (SSSR count). The maximum absolute atomic E-state index is 11.4. The molecule has 0 amide bonds. The van der Waals surface area contributed by atoms with Crippen LogP contribution in [0.5, 0.6) is 0 Å². The van der Waals surface area contributed by atoms with E-state index in [1.165, 1.54) is 0 Å². The Balaban J connectivity index is 2.70. The fourth-order valence-electron chi connectivity index (χ4n) is 2.97. The van der Waals surface area contributed by atoms with Gasteiger partial charge < -0.3 is 9.64 Å². The van der Waals surface area contributed by atoms with Crippen molar-refractivity contribution in [2.75, 3.05) is 13.2 Å². The van der Waals surface area contributed by atoms with Gasteiger partial charge in [-0.2, -0.15) is 0 Å². The zero-order valence-electron chi connectivity index (χ0n) is 17.4. The highest BCUT2D eigenvalue weighted by molar-refractivity contribution is 5.87. The van der Waals surface area contributed by atoms with E-state index in [9.17, 15) is 4.79 Å². The normalized spacial score (nSPS) is 17.1. The highest BCUT2D eigenvalue weighted by Crippen LogP contribution is 2.21. The minimum atomic E-state index is -0.0970. The number of unbranched alkanes of at least 4 members (excludes halogenated alkanes) is 3. The molecule has 0 aromatic rings. The highest BCUT2D eigenvalue weighted by atomic mass is 16.5. The number of hydrogen-bond donors (Lipinski definition) is 0. The van der Waals surface area contributed by atoms with Crippen LogP contribution in [-0.2, 0) is 9.53 Å². The Kier molecular flexibility index (Phi) is 11.1. The minimum Gasteiger partial charge on any atom is -0.466 e. The van der Waals surface area contributed by atoms with Crippen molar-refractivity contribution in [1.82, 2.24) is 4.90 Å². The third kappa shape index (κ3) is 8.85. The van der Waals surface area contributed by atoms with E-state index in [2.05, 4.69) is 34.5 Å². The molecule has 1 unspecified atom stereocenters. The Hall–Kier alpha value is -2.17. The first-order valence-corrected chi connectivity index (χ1v) is 10.0. The van der Waals surface area contributed by atoms with Crippen LogP contribution in [0.3, 0.4) is 0 Å². The third-order valence-corrected chi connectivity index (χ3v) is 4.25. The van der Waals surface area contributed by atoms with Crippen LogP contribution in [0.4, 0.5) is 0 Å². The molecule has 0 radical (unpaired) electrons. The van der Waals surface area contributed by atoms with Gasteiger partial charge in [0.05, 0.1) is 6.61 Å². The first-order valence-electron chi connectivity index (χ1n) is 10.0. The smallest absolute Gasteiger partial charge is 0.305 e. The monoisotopic (exact) mass is 373 g/mol. The predicted molar refractivity (Wildman–Crippen MR) is 114 cm³/mol. The minimum absolute atomic E-state index is 0.0970. The zero-order chi connectivity index (χ0) is 20.1. The van der Waals surface area contributed by atoms with Gasteiger partial charge >= 0.3 is 5.97 Å². The molecule has 1 aliphatic heterocycles. The van der Waals surface area contributed by atoms with Crippen LogP contribution in [-0.4, -0.2) is 36.1 Å². The van der Waals surface area contributed by atoms with Crippen molar-refractivity contribution >= 4 is 18.0 Å². The molecule has 0 saturated heterocycles. The summed E-state index contributed by atoms with van der Waals surface area (Å²) in [6, 6.07) is 0. The molecule has 0 aliphatic carbocycles. The standard InChI is InChI=1S/C22H35N3O2/c1-6-23-20(17-18(3)4)25(22-19(5)13-12-15-24-22)16-11-9-8-10-14-21(26)27-7-2/h6,12,15,17,19H,3,7-11,13-14,16H2,1-2,4-5H3/b20-17+,23-6-. The van der Waals surface area contributed by atoms with Gasteiger partial charge in [-0.25, -0.2) is 9.98 Å². The van der Waals surface area contributed by atoms with Crippen molar-refractivity contribution in [1.29, 1.82) is 0 Å². The number of amidine groups is 1. The van der Waals surface area contributed by atoms with Crippen LogP contribution >= 0.6 is 0 Å². The molecule has 1 aliphatic rings. The number of nitrogens with zero attached hydrogens (tertiary/aromatic N) is 3. The second-order valence-electron chi connectivity index (χ2n) is 6.87. The summed E-state index contributed by atoms with van der Waals surface area (Å²) in [7, 11) is 0. The maximum Gasteiger partial charge on any atom is 0.305 e. The first-order chi connectivity index (χ1) is 13.0. The topological polar surface area (TPSA) is 54.3 Å². The molecular formula is C22H35N3O2. The van der Waals surface area contributed by atoms with Crippen molar-refractivity contribution in [2.24, 2.45) is 15.9 Å². The van der Waals surface area contributed by atoms with Gasteiger partial charge in [-0.3, -0.25) is 4.79 Å². The highest BCUT2D eigenvalue weighted by Gasteiger charge is 2.21. The summed E-state index contributed by atoms with van der Waals surface area (Å²) < 4.78 is 4.97. The number of carbonyl (C=O) groups is 1. The summed E-state index contributed by atoms with van der Waals surface area (Å²) in [5.41, 5.74) is 0.967. The van der Waals surface area contributed by atoms with Crippen molar-refractivity contribution in [3.8, 4) is 0 Å². The molecule has 27 heavy (non-hydrogen) atoms. The van der Waals surface area contributed by atoms with Gasteiger partial charge in [-0.05, 0) is 46.1 Å². The lowest BCUT2D eigenvalue weighted by molar-refractivity contribution is -0.143. The Bertz CT molecular complexity index is 603. The summed E-state index contributed by atoms with van der Waals surface area (Å²) in [6.07, 6.45) is 13.3. The average molecular weight is 374 g/mol. The van der Waals surface area contributed by atoms with Crippen molar-refractivity contribution in [3.63, 3.8) is 0 Å². The molecule has 0 saturated carbocycles. The Labute approximate surface area is 164 Å². The number of allylic oxidation sites excluding steroid dienone is 3. The molecule has 0 spiro atoms. The molecular weight excluding hydrogens is 338 g/mol. The number of ether oxygens (including phenoxy) is 1. The Morgan fingerprint density at radius 1 is 1.41 bits per heavy atom. The van der Waals surface area contributed by atoms with Crippen LogP contribution in [0.2, 0.25) is 0 Å². The molecule has 0 bridgehead atoms. The molecule has 0 fully saturated rings. The fraction of sp³-hybridized carbons (Fsp3) is 0.591. The molecule has 0 N–H and O–H groups in total. The van der Waals surface area contributed by atoms with Gasteiger partial charge in [-0.1, -0.05) is 38.0 Å². The molecule has 0 aromatic carbocycles. The first kappa shape index (κ1) is 22.9. The SMILES string of the molecule is C=C(C)/C=C(\N=C/C)N(CCCCCCC(=O)OCC)C1=NC=CCC1C. The molecule has 1 atom stereocenters. The van der Waals surface area contributed by atoms with Gasteiger partial charge in [-0.15, -0.1) is 0 Å². The van der Waals surface area contributed by atoms with Crippen LogP contribution in [0.1, 0.15) is 66.2 Å². The average Bonchev–Trinajstić information content (AvgIpc) is 2.62. The van der Waals surface area contributed by atoms with E-state index in [0.29, 0.717) is 18.9 Å². The van der Waals surface area contributed by atoms with Gasteiger partial charge in [0, 0.05) is 31.3 Å². The van der Waals surface area contributed by atoms with E-state index in [0.717, 1.165) is 55.9 Å². The van der Waals surface area contributed by atoms with E-state index in [1.807, 2.05) is 39.3 Å². The van der Waals surface area contributed by atoms with E-state index in [-0.39, 0.29) is 5.97 Å². The molecule has 0 aromatic heterocycles. The Morgan fingerprint density at radius 2 is 2.15 bits per heavy atom. The molecule has 5 nitrogen and oxygen atoms in total. The number of carbonyl (C=O) groups excluding carboxylic acids is 1. The van der Waals surface area contributed by atoms with E-state index < -0.39 is 0 Å². The lowest BCUT2D eigenvalue weighted by Gasteiger charge is -2.30. The largest absolute Gasteiger partial charge is 0.466 e. The van der Waals surface area contributed by atoms with Gasteiger partial charge in [0.15, 0.2) is 0 Å². The number of esters is 1. The lowest BCUT2D eigenvalue weighted by atomic mass is 10.0. The second-order valence-corrected chi connectivity index (χ2v) is 6.87. The quantitative estimate of drug-likeness (QED) is 0.215. The molecule has 1 heterocycles. The number of hydrogen-bond acceptors (Lipinski definition) is 5. The fourth-order valence-corrected chi connectivity index (χ4v) is 2.97. The Morgan fingerprint density at radius 3 is 2.78 bits per heavy atom. The summed E-state index contributed by atoms with van der Waals surface area (Å²) in [5, 5.41) is 0.